The molecule has 0 saturated heterocycles. The first-order valence-corrected chi connectivity index (χ1v) is 12.5. The number of hydrogen-bond acceptors (Lipinski definition) is 7. The number of rotatable bonds is 7. The van der Waals surface area contributed by atoms with Crippen LogP contribution in [0.4, 0.5) is 13.2 Å². The Kier molecular flexibility index (Phi) is 7.34. The molecule has 0 saturated carbocycles. The lowest BCUT2D eigenvalue weighted by Crippen LogP contribution is -2.41. The Morgan fingerprint density at radius 1 is 1.02 bits per heavy atom. The summed E-state index contributed by atoms with van der Waals surface area (Å²) >= 11 is 6.45. The number of aryl methyl sites for hydroxylation is 1. The predicted molar refractivity (Wildman–Crippen MR) is 142 cm³/mol. The third-order valence-corrected chi connectivity index (χ3v) is 6.49. The molecular weight excluding hydrogens is 563 g/mol. The Hall–Kier alpha value is -4.96. The highest BCUT2D eigenvalue weighted by molar-refractivity contribution is 6.33. The Bertz CT molecular complexity index is 1970. The molecule has 14 heteroatoms. The number of nitriles is 1. The minimum Gasteiger partial charge on any atom is -0.478 e. The monoisotopic (exact) mass is 581 g/mol. The van der Waals surface area contributed by atoms with Crippen molar-refractivity contribution in [2.75, 3.05) is 6.61 Å². The number of ether oxygens (including phenoxy) is 1. The Morgan fingerprint density at radius 3 is 2.39 bits per heavy atom. The van der Waals surface area contributed by atoms with Gasteiger partial charge in [0.05, 0.1) is 36.8 Å². The van der Waals surface area contributed by atoms with Crippen molar-refractivity contribution >= 4 is 22.6 Å². The van der Waals surface area contributed by atoms with Crippen molar-refractivity contribution in [2.24, 2.45) is 7.05 Å². The molecule has 0 atom stereocenters. The summed E-state index contributed by atoms with van der Waals surface area (Å²) < 4.78 is 50.8. The fraction of sp³-hybridized carbons (Fsp3) is 0.185. The van der Waals surface area contributed by atoms with Crippen molar-refractivity contribution in [3.05, 3.63) is 103 Å². The van der Waals surface area contributed by atoms with Crippen LogP contribution in [0.15, 0.2) is 52.3 Å². The molecule has 0 amide bonds. The molecule has 0 aliphatic heterocycles. The van der Waals surface area contributed by atoms with E-state index in [0.29, 0.717) is 5.56 Å². The summed E-state index contributed by atoms with van der Waals surface area (Å²) in [6, 6.07) is 9.46. The molecule has 3 aromatic heterocycles. The highest BCUT2D eigenvalue weighted by Crippen LogP contribution is 2.36. The maximum absolute atomic E-state index is 14.1. The Balaban J connectivity index is 1.84. The lowest BCUT2D eigenvalue weighted by molar-refractivity contribution is 0.329. The SMILES string of the molecule is CCOc1nc2c(=O)n(Cc3ncn(C)n3)c(=O)n(Cc3cc(F)c(F)c(F)c3)c2cc1-c1cc(C#N)ccc1Cl. The number of aromatic nitrogens is 6. The summed E-state index contributed by atoms with van der Waals surface area (Å²) in [5.41, 5.74) is -1.11. The molecule has 0 bridgehead atoms. The number of halogens is 4. The summed E-state index contributed by atoms with van der Waals surface area (Å²) in [7, 11) is 1.61. The van der Waals surface area contributed by atoms with E-state index in [2.05, 4.69) is 15.1 Å². The molecule has 0 aliphatic rings. The molecule has 0 spiro atoms. The maximum Gasteiger partial charge on any atom is 0.332 e. The van der Waals surface area contributed by atoms with Gasteiger partial charge in [-0.2, -0.15) is 10.4 Å². The standard InChI is InChI=1S/C27H19ClF3N7O3/c1-3-41-25-17(16-6-14(10-32)4-5-18(16)28)9-21-24(34-25)26(39)38(12-22-33-13-36(2)35-22)27(40)37(21)11-15-7-19(29)23(31)20(30)8-15/h4-9,13H,3,11-12H2,1-2H3. The van der Waals surface area contributed by atoms with E-state index in [0.717, 1.165) is 21.3 Å². The largest absolute Gasteiger partial charge is 0.478 e. The van der Waals surface area contributed by atoms with Crippen LogP contribution in [0.3, 0.4) is 0 Å². The minimum absolute atomic E-state index is 0.000621. The topological polar surface area (TPSA) is 121 Å². The van der Waals surface area contributed by atoms with Gasteiger partial charge in [-0.15, -0.1) is 0 Å². The molecular formula is C27H19ClF3N7O3. The molecule has 0 unspecified atom stereocenters. The quantitative estimate of drug-likeness (QED) is 0.268. The van der Waals surface area contributed by atoms with E-state index in [4.69, 9.17) is 16.3 Å². The number of benzene rings is 2. The fourth-order valence-corrected chi connectivity index (χ4v) is 4.54. The molecule has 3 heterocycles. The van der Waals surface area contributed by atoms with E-state index in [1.807, 2.05) is 6.07 Å². The summed E-state index contributed by atoms with van der Waals surface area (Å²) in [5.74, 6) is -4.39. The van der Waals surface area contributed by atoms with Gasteiger partial charge >= 0.3 is 5.69 Å². The zero-order chi connectivity index (χ0) is 29.4. The Morgan fingerprint density at radius 2 is 1.76 bits per heavy atom. The van der Waals surface area contributed by atoms with Crippen LogP contribution in [-0.2, 0) is 20.1 Å². The average molecular weight is 582 g/mol. The molecule has 5 aromatic rings. The van der Waals surface area contributed by atoms with Gasteiger partial charge in [0.1, 0.15) is 6.33 Å². The highest BCUT2D eigenvalue weighted by Gasteiger charge is 2.22. The van der Waals surface area contributed by atoms with Crippen LogP contribution in [0.5, 0.6) is 5.88 Å². The summed E-state index contributed by atoms with van der Waals surface area (Å²) in [6.45, 7) is 1.07. The Labute approximate surface area is 234 Å². The maximum atomic E-state index is 14.1. The van der Waals surface area contributed by atoms with Crippen LogP contribution in [0.25, 0.3) is 22.2 Å². The lowest BCUT2D eigenvalue weighted by Gasteiger charge is -2.17. The molecule has 0 aliphatic carbocycles. The second-order valence-electron chi connectivity index (χ2n) is 8.92. The second-order valence-corrected chi connectivity index (χ2v) is 9.32. The molecule has 5 rings (SSSR count). The van der Waals surface area contributed by atoms with E-state index in [1.54, 1.807) is 14.0 Å². The zero-order valence-corrected chi connectivity index (χ0v) is 22.3. The number of hydrogen-bond donors (Lipinski definition) is 0. The van der Waals surface area contributed by atoms with Gasteiger partial charge in [-0.1, -0.05) is 11.6 Å². The fourth-order valence-electron chi connectivity index (χ4n) is 4.33. The van der Waals surface area contributed by atoms with Crippen molar-refractivity contribution in [3.8, 4) is 23.1 Å². The van der Waals surface area contributed by atoms with Crippen LogP contribution in [0, 0.1) is 28.8 Å². The van der Waals surface area contributed by atoms with Gasteiger partial charge in [0.2, 0.25) is 5.88 Å². The van der Waals surface area contributed by atoms with Crippen LogP contribution < -0.4 is 16.0 Å². The van der Waals surface area contributed by atoms with Crippen molar-refractivity contribution in [1.82, 2.24) is 28.9 Å². The van der Waals surface area contributed by atoms with E-state index >= 15 is 0 Å². The summed E-state index contributed by atoms with van der Waals surface area (Å²) in [4.78, 5) is 35.9. The third-order valence-electron chi connectivity index (χ3n) is 6.17. The van der Waals surface area contributed by atoms with Gasteiger partial charge in [-0.25, -0.2) is 27.9 Å². The van der Waals surface area contributed by atoms with Gasteiger partial charge in [0.25, 0.3) is 5.56 Å². The van der Waals surface area contributed by atoms with E-state index in [-0.39, 0.29) is 57.6 Å². The molecule has 41 heavy (non-hydrogen) atoms. The van der Waals surface area contributed by atoms with E-state index < -0.39 is 35.2 Å². The van der Waals surface area contributed by atoms with Crippen molar-refractivity contribution < 1.29 is 17.9 Å². The highest BCUT2D eigenvalue weighted by atomic mass is 35.5. The van der Waals surface area contributed by atoms with Crippen LogP contribution in [-0.4, -0.2) is 35.5 Å². The van der Waals surface area contributed by atoms with Crippen molar-refractivity contribution in [2.45, 2.75) is 20.0 Å². The molecule has 0 radical (unpaired) electrons. The van der Waals surface area contributed by atoms with Crippen LogP contribution in [0.1, 0.15) is 23.9 Å². The average Bonchev–Trinajstić information content (AvgIpc) is 3.37. The second kappa shape index (κ2) is 10.9. The van der Waals surface area contributed by atoms with Crippen molar-refractivity contribution in [1.29, 1.82) is 5.26 Å². The molecule has 0 N–H and O–H groups in total. The van der Waals surface area contributed by atoms with E-state index in [9.17, 15) is 28.0 Å². The van der Waals surface area contributed by atoms with Crippen molar-refractivity contribution in [3.63, 3.8) is 0 Å². The van der Waals surface area contributed by atoms with Gasteiger partial charge in [0, 0.05) is 23.2 Å². The van der Waals surface area contributed by atoms with Gasteiger partial charge in [0.15, 0.2) is 28.8 Å². The molecule has 2 aromatic carbocycles. The number of pyridine rings is 1. The molecule has 208 valence electrons. The minimum atomic E-state index is -1.66. The zero-order valence-electron chi connectivity index (χ0n) is 21.5. The number of nitrogens with zero attached hydrogens (tertiary/aromatic N) is 7. The normalized spacial score (nSPS) is 11.1. The smallest absolute Gasteiger partial charge is 0.332 e. The van der Waals surface area contributed by atoms with Gasteiger partial charge < -0.3 is 4.74 Å². The first kappa shape index (κ1) is 27.6. The lowest BCUT2D eigenvalue weighted by atomic mass is 10.0. The first-order valence-electron chi connectivity index (χ1n) is 12.1. The number of fused-ring (bicyclic) bond motifs is 1. The third kappa shape index (κ3) is 5.17. The molecule has 0 fully saturated rings. The first-order chi connectivity index (χ1) is 19.6. The van der Waals surface area contributed by atoms with Gasteiger partial charge in [-0.3, -0.25) is 18.6 Å². The van der Waals surface area contributed by atoms with Crippen LogP contribution >= 0.6 is 11.6 Å². The summed E-state index contributed by atoms with van der Waals surface area (Å²) in [6.07, 6.45) is 1.39. The molecule has 10 nitrogen and oxygen atoms in total. The summed E-state index contributed by atoms with van der Waals surface area (Å²) in [5, 5.41) is 13.8. The van der Waals surface area contributed by atoms with Crippen LogP contribution in [0.2, 0.25) is 5.02 Å². The predicted octanol–water partition coefficient (Wildman–Crippen LogP) is 3.79. The van der Waals surface area contributed by atoms with E-state index in [1.165, 1.54) is 35.3 Å². The van der Waals surface area contributed by atoms with Gasteiger partial charge in [-0.05, 0) is 48.9 Å².